The first-order valence-corrected chi connectivity index (χ1v) is 7.18. The van der Waals surface area contributed by atoms with Crippen LogP contribution in [0, 0.1) is 13.8 Å². The fourth-order valence-corrected chi connectivity index (χ4v) is 2.28. The zero-order chi connectivity index (χ0) is 14.0. The fourth-order valence-electron chi connectivity index (χ4n) is 2.06. The predicted octanol–water partition coefficient (Wildman–Crippen LogP) is 5.38. The van der Waals surface area contributed by atoms with Crippen LogP contribution in [0.25, 0.3) is 0 Å². The van der Waals surface area contributed by atoms with E-state index in [4.69, 9.17) is 4.74 Å². The van der Waals surface area contributed by atoms with Crippen LogP contribution in [0.1, 0.15) is 36.6 Å². The lowest BCUT2D eigenvalue weighted by Crippen LogP contribution is -1.94. The highest BCUT2D eigenvalue weighted by Crippen LogP contribution is 2.27. The largest absolute Gasteiger partial charge is 0.439 e. The van der Waals surface area contributed by atoms with E-state index in [9.17, 15) is 0 Å². The number of ether oxygens (including phenoxy) is 1. The first kappa shape index (κ1) is 14.1. The van der Waals surface area contributed by atoms with Crippen LogP contribution in [0.2, 0.25) is 0 Å². The summed E-state index contributed by atoms with van der Waals surface area (Å²) in [7, 11) is 0. The van der Waals surface area contributed by atoms with E-state index in [0.29, 0.717) is 11.8 Å². The van der Waals surface area contributed by atoms with Gasteiger partial charge in [-0.3, -0.25) is 0 Å². The maximum Gasteiger partial charge on any atom is 0.219 e. The Morgan fingerprint density at radius 3 is 2.42 bits per heavy atom. The third kappa shape index (κ3) is 3.35. The molecule has 2 rings (SSSR count). The standard InChI is InChI=1S/C16H18BrNO/c1-10(2)14-6-5-13(9-11(14)3)19-16-8-7-15(17)12(4)18-16/h5-10H,1-4H3. The van der Waals surface area contributed by atoms with Crippen molar-refractivity contribution in [3.63, 3.8) is 0 Å². The smallest absolute Gasteiger partial charge is 0.219 e. The molecular formula is C16H18BrNO. The van der Waals surface area contributed by atoms with E-state index in [1.165, 1.54) is 11.1 Å². The molecule has 1 aromatic heterocycles. The first-order valence-electron chi connectivity index (χ1n) is 6.39. The van der Waals surface area contributed by atoms with Crippen molar-refractivity contribution in [1.29, 1.82) is 0 Å². The number of hydrogen-bond acceptors (Lipinski definition) is 2. The second-order valence-corrected chi connectivity index (χ2v) is 5.85. The molecule has 2 nitrogen and oxygen atoms in total. The van der Waals surface area contributed by atoms with Crippen LogP contribution in [0.5, 0.6) is 11.6 Å². The second-order valence-electron chi connectivity index (χ2n) is 4.99. The van der Waals surface area contributed by atoms with Crippen molar-refractivity contribution in [1.82, 2.24) is 4.98 Å². The molecule has 0 aliphatic carbocycles. The molecular weight excluding hydrogens is 302 g/mol. The number of halogens is 1. The van der Waals surface area contributed by atoms with E-state index in [2.05, 4.69) is 53.8 Å². The van der Waals surface area contributed by atoms with Crippen LogP contribution in [0.4, 0.5) is 0 Å². The van der Waals surface area contributed by atoms with E-state index in [-0.39, 0.29) is 0 Å². The Labute approximate surface area is 123 Å². The number of benzene rings is 1. The molecule has 0 unspecified atom stereocenters. The van der Waals surface area contributed by atoms with Gasteiger partial charge in [0, 0.05) is 10.5 Å². The maximum absolute atomic E-state index is 5.80. The number of nitrogens with zero attached hydrogens (tertiary/aromatic N) is 1. The van der Waals surface area contributed by atoms with E-state index in [0.717, 1.165) is 15.9 Å². The van der Waals surface area contributed by atoms with Crippen LogP contribution in [0.3, 0.4) is 0 Å². The Bertz CT molecular complexity index is 593. The molecule has 19 heavy (non-hydrogen) atoms. The number of hydrogen-bond donors (Lipinski definition) is 0. The minimum absolute atomic E-state index is 0.530. The SMILES string of the molecule is Cc1cc(Oc2ccc(Br)c(C)n2)ccc1C(C)C. The average Bonchev–Trinajstić information content (AvgIpc) is 2.33. The quantitative estimate of drug-likeness (QED) is 0.758. The summed E-state index contributed by atoms with van der Waals surface area (Å²) in [5, 5.41) is 0. The van der Waals surface area contributed by atoms with Crippen LogP contribution in [0.15, 0.2) is 34.8 Å². The molecule has 3 heteroatoms. The van der Waals surface area contributed by atoms with Crippen LogP contribution >= 0.6 is 15.9 Å². The zero-order valence-corrected chi connectivity index (χ0v) is 13.3. The van der Waals surface area contributed by atoms with Crippen molar-refractivity contribution in [3.8, 4) is 11.6 Å². The molecule has 0 saturated heterocycles. The van der Waals surface area contributed by atoms with Gasteiger partial charge in [0.05, 0.1) is 5.69 Å². The highest BCUT2D eigenvalue weighted by atomic mass is 79.9. The molecule has 0 radical (unpaired) electrons. The van der Waals surface area contributed by atoms with Crippen molar-refractivity contribution < 1.29 is 4.74 Å². The molecule has 0 amide bonds. The van der Waals surface area contributed by atoms with E-state index >= 15 is 0 Å². The van der Waals surface area contributed by atoms with Crippen LogP contribution in [-0.4, -0.2) is 4.98 Å². The molecule has 1 aromatic carbocycles. The second kappa shape index (κ2) is 5.74. The predicted molar refractivity (Wildman–Crippen MR) is 82.0 cm³/mol. The molecule has 0 aliphatic rings. The third-order valence-corrected chi connectivity index (χ3v) is 3.92. The summed E-state index contributed by atoms with van der Waals surface area (Å²) >= 11 is 3.43. The van der Waals surface area contributed by atoms with Crippen molar-refractivity contribution in [2.45, 2.75) is 33.6 Å². The molecule has 0 spiro atoms. The van der Waals surface area contributed by atoms with Crippen molar-refractivity contribution in [3.05, 3.63) is 51.6 Å². The van der Waals surface area contributed by atoms with Gasteiger partial charge in [0.25, 0.3) is 0 Å². The molecule has 0 saturated carbocycles. The van der Waals surface area contributed by atoms with E-state index < -0.39 is 0 Å². The molecule has 100 valence electrons. The lowest BCUT2D eigenvalue weighted by atomic mass is 9.98. The Kier molecular flexibility index (Phi) is 4.25. The highest BCUT2D eigenvalue weighted by Gasteiger charge is 2.06. The normalized spacial score (nSPS) is 10.8. The number of rotatable bonds is 3. The van der Waals surface area contributed by atoms with Crippen LogP contribution < -0.4 is 4.74 Å². The van der Waals surface area contributed by atoms with Crippen molar-refractivity contribution >= 4 is 15.9 Å². The Morgan fingerprint density at radius 2 is 1.84 bits per heavy atom. The van der Waals surface area contributed by atoms with Gasteiger partial charge < -0.3 is 4.74 Å². The van der Waals surface area contributed by atoms with Gasteiger partial charge in [0.2, 0.25) is 5.88 Å². The molecule has 0 aliphatic heterocycles. The van der Waals surface area contributed by atoms with Gasteiger partial charge in [-0.1, -0.05) is 19.9 Å². The lowest BCUT2D eigenvalue weighted by Gasteiger charge is -2.12. The van der Waals surface area contributed by atoms with E-state index in [1.807, 2.05) is 25.1 Å². The topological polar surface area (TPSA) is 22.1 Å². The third-order valence-electron chi connectivity index (χ3n) is 3.08. The first-order chi connectivity index (χ1) is 8.97. The summed E-state index contributed by atoms with van der Waals surface area (Å²) in [5.41, 5.74) is 3.53. The van der Waals surface area contributed by atoms with Gasteiger partial charge in [-0.25, -0.2) is 4.98 Å². The summed E-state index contributed by atoms with van der Waals surface area (Å²) < 4.78 is 6.79. The van der Waals surface area contributed by atoms with Crippen molar-refractivity contribution in [2.24, 2.45) is 0 Å². The van der Waals surface area contributed by atoms with Gasteiger partial charge in [-0.15, -0.1) is 0 Å². The van der Waals surface area contributed by atoms with Gasteiger partial charge in [0.15, 0.2) is 0 Å². The van der Waals surface area contributed by atoms with Gasteiger partial charge in [-0.2, -0.15) is 0 Å². The molecule has 0 fully saturated rings. The molecule has 2 aromatic rings. The Morgan fingerprint density at radius 1 is 1.11 bits per heavy atom. The Hall–Kier alpha value is -1.35. The maximum atomic E-state index is 5.80. The van der Waals surface area contributed by atoms with Crippen LogP contribution in [-0.2, 0) is 0 Å². The van der Waals surface area contributed by atoms with E-state index in [1.54, 1.807) is 0 Å². The summed E-state index contributed by atoms with van der Waals surface area (Å²) in [6.07, 6.45) is 0. The molecule has 0 N–H and O–H groups in total. The Balaban J connectivity index is 2.24. The zero-order valence-electron chi connectivity index (χ0n) is 11.7. The number of aryl methyl sites for hydroxylation is 2. The average molecular weight is 320 g/mol. The van der Waals surface area contributed by atoms with Gasteiger partial charge in [0.1, 0.15) is 5.75 Å². The summed E-state index contributed by atoms with van der Waals surface area (Å²) in [6, 6.07) is 10.0. The lowest BCUT2D eigenvalue weighted by molar-refractivity contribution is 0.460. The monoisotopic (exact) mass is 319 g/mol. The summed E-state index contributed by atoms with van der Waals surface area (Å²) in [4.78, 5) is 4.39. The minimum atomic E-state index is 0.530. The highest BCUT2D eigenvalue weighted by molar-refractivity contribution is 9.10. The summed E-state index contributed by atoms with van der Waals surface area (Å²) in [5.74, 6) is 1.98. The summed E-state index contributed by atoms with van der Waals surface area (Å²) in [6.45, 7) is 8.46. The molecule has 0 atom stereocenters. The van der Waals surface area contributed by atoms with Gasteiger partial charge in [-0.05, 0) is 65.0 Å². The minimum Gasteiger partial charge on any atom is -0.439 e. The van der Waals surface area contributed by atoms with Crippen molar-refractivity contribution in [2.75, 3.05) is 0 Å². The van der Waals surface area contributed by atoms with Gasteiger partial charge >= 0.3 is 0 Å². The molecule has 1 heterocycles. The molecule has 0 bridgehead atoms. The fraction of sp³-hybridized carbons (Fsp3) is 0.312. The number of aromatic nitrogens is 1. The number of pyridine rings is 1.